The van der Waals surface area contributed by atoms with E-state index in [1.807, 2.05) is 0 Å². The van der Waals surface area contributed by atoms with Crippen molar-refractivity contribution in [2.45, 2.75) is 9.79 Å². The van der Waals surface area contributed by atoms with E-state index in [-0.39, 0.29) is 21.6 Å². The standard InChI is InChI=1S/C22H20N10O10S2/c23-13(33)1-3(15(25)35)7(19(29)39)11(8(20(30)40)4(1)16(26)36)43-44-12-9(21(31)41)5(17(27)37)2(14(24)34)6(18(28)38)10(12)22(32)42/h(H2,23,33)(H2,24,34)(H2,25,35)(H2,26,36)(H2,27,37)(H2,28,38)(H2,29,39)(H2,30,40)(H2,31,41)(H2,32,42). The van der Waals surface area contributed by atoms with Crippen LogP contribution in [-0.2, 0) is 0 Å². The molecule has 0 atom stereocenters. The molecule has 0 aliphatic heterocycles. The molecule has 44 heavy (non-hydrogen) atoms. The third-order valence-corrected chi connectivity index (χ3v) is 8.06. The summed E-state index contributed by atoms with van der Waals surface area (Å²) in [5.41, 5.74) is 42.9. The Morgan fingerprint density at radius 3 is 0.477 bits per heavy atom. The molecule has 0 saturated heterocycles. The quantitative estimate of drug-likeness (QED) is 0.0918. The maximum atomic E-state index is 12.6. The minimum atomic E-state index is -1.58. The van der Waals surface area contributed by atoms with E-state index in [1.165, 1.54) is 0 Å². The van der Waals surface area contributed by atoms with Crippen LogP contribution in [0.5, 0.6) is 0 Å². The van der Waals surface area contributed by atoms with Crippen LogP contribution in [0, 0.1) is 0 Å². The van der Waals surface area contributed by atoms with E-state index in [0.29, 0.717) is 0 Å². The van der Waals surface area contributed by atoms with Gasteiger partial charge in [0, 0.05) is 9.79 Å². The third-order valence-electron chi connectivity index (χ3n) is 5.58. The van der Waals surface area contributed by atoms with Gasteiger partial charge in [0.2, 0.25) is 35.4 Å². The van der Waals surface area contributed by atoms with Gasteiger partial charge >= 0.3 is 0 Å². The molecular formula is C22H20N10O10S2. The number of benzene rings is 2. The van der Waals surface area contributed by atoms with Crippen molar-refractivity contribution in [2.75, 3.05) is 0 Å². The third kappa shape index (κ3) is 5.77. The SMILES string of the molecule is NC(=O)c1c(SSc2c(C(N)=O)c(C(N)=O)c(C(N)=O)c(C(N)=O)c2C(N)=O)c(C(N)=O)c(C(N)=O)c(C(N)=O)c1C(N)=O. The molecular weight excluding hydrogens is 628 g/mol. The Kier molecular flexibility index (Phi) is 9.57. The lowest BCUT2D eigenvalue weighted by Gasteiger charge is -2.22. The molecule has 0 spiro atoms. The van der Waals surface area contributed by atoms with Gasteiger partial charge in [0.15, 0.2) is 0 Å². The lowest BCUT2D eigenvalue weighted by molar-refractivity contribution is 0.0933. The first-order valence-electron chi connectivity index (χ1n) is 11.0. The van der Waals surface area contributed by atoms with E-state index < -0.39 is 124 Å². The summed E-state index contributed by atoms with van der Waals surface area (Å²) in [4.78, 5) is 123. The fourth-order valence-electron chi connectivity index (χ4n) is 4.12. The van der Waals surface area contributed by atoms with Crippen molar-refractivity contribution < 1.29 is 47.9 Å². The van der Waals surface area contributed by atoms with Crippen LogP contribution in [-0.4, -0.2) is 59.1 Å². The zero-order valence-electron chi connectivity index (χ0n) is 21.7. The predicted octanol–water partition coefficient (Wildman–Crippen LogP) is -4.53. The van der Waals surface area contributed by atoms with Crippen molar-refractivity contribution in [3.8, 4) is 0 Å². The number of hydrogen-bond donors (Lipinski definition) is 10. The molecule has 10 amide bonds. The van der Waals surface area contributed by atoms with Gasteiger partial charge in [-0.05, 0) is 0 Å². The molecule has 0 saturated carbocycles. The highest BCUT2D eigenvalue weighted by atomic mass is 33.1. The molecule has 0 radical (unpaired) electrons. The van der Waals surface area contributed by atoms with Gasteiger partial charge in [0.1, 0.15) is 0 Å². The second-order valence-electron chi connectivity index (χ2n) is 8.22. The zero-order valence-corrected chi connectivity index (χ0v) is 23.3. The van der Waals surface area contributed by atoms with Gasteiger partial charge in [-0.15, -0.1) is 0 Å². The first kappa shape index (κ1) is 34.0. The largest absolute Gasteiger partial charge is 0.366 e. The lowest BCUT2D eigenvalue weighted by Crippen LogP contribution is -2.34. The van der Waals surface area contributed by atoms with Gasteiger partial charge in [-0.3, -0.25) is 47.9 Å². The van der Waals surface area contributed by atoms with Crippen LogP contribution in [0.3, 0.4) is 0 Å². The minimum absolute atomic E-state index is 0.0966. The summed E-state index contributed by atoms with van der Waals surface area (Å²) in [6.07, 6.45) is 0. The van der Waals surface area contributed by atoms with Crippen LogP contribution in [0.4, 0.5) is 0 Å². The number of hydrogen-bond acceptors (Lipinski definition) is 12. The van der Waals surface area contributed by atoms with E-state index in [2.05, 4.69) is 0 Å². The number of carbonyl (C=O) groups excluding carboxylic acids is 10. The predicted molar refractivity (Wildman–Crippen MR) is 150 cm³/mol. The molecule has 230 valence electrons. The van der Waals surface area contributed by atoms with E-state index in [9.17, 15) is 47.9 Å². The smallest absolute Gasteiger partial charge is 0.250 e. The van der Waals surface area contributed by atoms with Gasteiger partial charge in [-0.25, -0.2) is 0 Å². The molecule has 20 nitrogen and oxygen atoms in total. The number of carbonyl (C=O) groups is 10. The Labute approximate surface area is 251 Å². The second kappa shape index (κ2) is 12.4. The van der Waals surface area contributed by atoms with E-state index in [1.54, 1.807) is 0 Å². The van der Waals surface area contributed by atoms with Gasteiger partial charge in [0.25, 0.3) is 23.6 Å². The molecule has 2 aromatic rings. The van der Waals surface area contributed by atoms with Crippen LogP contribution in [0.2, 0.25) is 0 Å². The van der Waals surface area contributed by atoms with Crippen molar-refractivity contribution in [2.24, 2.45) is 57.3 Å². The van der Waals surface area contributed by atoms with Crippen LogP contribution in [0.15, 0.2) is 9.79 Å². The summed E-state index contributed by atoms with van der Waals surface area (Å²) >= 11 is 0. The fourth-order valence-corrected chi connectivity index (χ4v) is 6.93. The first-order chi connectivity index (χ1) is 20.2. The topological polar surface area (TPSA) is 431 Å². The normalized spacial score (nSPS) is 10.5. The molecule has 0 aliphatic carbocycles. The molecule has 20 N–H and O–H groups in total. The summed E-state index contributed by atoms with van der Waals surface area (Å²) in [7, 11) is 0.193. The van der Waals surface area contributed by atoms with Gasteiger partial charge < -0.3 is 57.3 Å². The Balaban J connectivity index is 3.32. The highest BCUT2D eigenvalue weighted by molar-refractivity contribution is 8.76. The van der Waals surface area contributed by atoms with Gasteiger partial charge in [-0.2, -0.15) is 0 Å². The van der Waals surface area contributed by atoms with Crippen LogP contribution in [0.1, 0.15) is 104 Å². The summed E-state index contributed by atoms with van der Waals surface area (Å²) in [6.45, 7) is 0. The van der Waals surface area contributed by atoms with E-state index in [0.717, 1.165) is 0 Å². The molecule has 0 bridgehead atoms. The summed E-state index contributed by atoms with van der Waals surface area (Å²) < 4.78 is 0. The van der Waals surface area contributed by atoms with Crippen molar-refractivity contribution in [3.63, 3.8) is 0 Å². The molecule has 0 unspecified atom stereocenters. The van der Waals surface area contributed by atoms with Crippen molar-refractivity contribution in [3.05, 3.63) is 55.6 Å². The number of amides is 10. The number of nitrogens with two attached hydrogens (primary N) is 10. The maximum absolute atomic E-state index is 12.6. The van der Waals surface area contributed by atoms with Crippen molar-refractivity contribution >= 4 is 80.7 Å². The Hall–Kier alpha value is -6.16. The molecule has 22 heteroatoms. The van der Waals surface area contributed by atoms with E-state index in [4.69, 9.17) is 57.3 Å². The molecule has 2 aromatic carbocycles. The van der Waals surface area contributed by atoms with E-state index >= 15 is 0 Å². The molecule has 2 rings (SSSR count). The molecule has 0 fully saturated rings. The van der Waals surface area contributed by atoms with Gasteiger partial charge in [-0.1, -0.05) is 21.6 Å². The van der Waals surface area contributed by atoms with Crippen molar-refractivity contribution in [1.82, 2.24) is 0 Å². The first-order valence-corrected chi connectivity index (χ1v) is 13.2. The summed E-state index contributed by atoms with van der Waals surface area (Å²) in [5, 5.41) is 0. The highest BCUT2D eigenvalue weighted by Crippen LogP contribution is 2.47. The number of rotatable bonds is 13. The van der Waals surface area contributed by atoms with Crippen LogP contribution < -0.4 is 57.3 Å². The zero-order chi connectivity index (χ0) is 34.1. The average Bonchev–Trinajstić information content (AvgIpc) is 2.87. The number of primary amides is 10. The molecule has 0 aliphatic rings. The Morgan fingerprint density at radius 2 is 0.364 bits per heavy atom. The Morgan fingerprint density at radius 1 is 0.250 bits per heavy atom. The summed E-state index contributed by atoms with van der Waals surface area (Å²) in [6, 6.07) is 0. The minimum Gasteiger partial charge on any atom is -0.366 e. The van der Waals surface area contributed by atoms with Crippen LogP contribution in [0.25, 0.3) is 0 Å². The summed E-state index contributed by atoms with van der Waals surface area (Å²) in [5.74, 6) is -15.7. The Bertz CT molecular complexity index is 1570. The average molecular weight is 649 g/mol. The highest BCUT2D eigenvalue weighted by Gasteiger charge is 2.38. The van der Waals surface area contributed by atoms with Crippen molar-refractivity contribution in [1.29, 1.82) is 0 Å². The fraction of sp³-hybridized carbons (Fsp3) is 0. The molecule has 0 heterocycles. The lowest BCUT2D eigenvalue weighted by atomic mass is 9.89. The monoisotopic (exact) mass is 648 g/mol. The maximum Gasteiger partial charge on any atom is 0.250 e. The van der Waals surface area contributed by atoms with Gasteiger partial charge in [0.05, 0.1) is 55.6 Å². The second-order valence-corrected chi connectivity index (χ2v) is 10.4. The van der Waals surface area contributed by atoms with Crippen LogP contribution >= 0.6 is 21.6 Å². The molecule has 0 aromatic heterocycles.